The van der Waals surface area contributed by atoms with Gasteiger partial charge in [0.05, 0.1) is 0 Å². The number of aromatic nitrogens is 1. The van der Waals surface area contributed by atoms with Crippen LogP contribution in [0.15, 0.2) is 21.8 Å². The van der Waals surface area contributed by atoms with Gasteiger partial charge in [0.1, 0.15) is 29.9 Å². The molecule has 146 valence electrons. The van der Waals surface area contributed by atoms with Crippen LogP contribution in [-0.4, -0.2) is 62.8 Å². The van der Waals surface area contributed by atoms with Crippen LogP contribution in [0.1, 0.15) is 12.6 Å². The summed E-state index contributed by atoms with van der Waals surface area (Å²) >= 11 is 2.52. The summed E-state index contributed by atoms with van der Waals surface area (Å²) in [5.74, 6) is -1.84. The Morgan fingerprint density at radius 3 is 2.78 bits per heavy atom. The van der Waals surface area contributed by atoms with Crippen molar-refractivity contribution in [3.8, 4) is 0 Å². The van der Waals surface area contributed by atoms with Crippen molar-refractivity contribution in [1.82, 2.24) is 15.2 Å². The number of carboxylic acids is 1. The number of nitrogens with one attached hydrogen (secondary N) is 1. The SMILES string of the molecule is CO/N=C(\C(=O)N[C@@H]1C(=O)N2C(C(=O)O)=C(C)CS[C@@H]12)c1csc(N)n1.Cl. The molecule has 1 aromatic heterocycles. The molecule has 3 rings (SSSR count). The lowest BCUT2D eigenvalue weighted by Gasteiger charge is -2.49. The van der Waals surface area contributed by atoms with Gasteiger partial charge in [-0.05, 0) is 12.5 Å². The van der Waals surface area contributed by atoms with Gasteiger partial charge < -0.3 is 21.0 Å². The first kappa shape index (κ1) is 21.0. The molecule has 1 aromatic rings. The fraction of sp³-hybridized carbons (Fsp3) is 0.357. The zero-order valence-corrected chi connectivity index (χ0v) is 16.6. The van der Waals surface area contributed by atoms with Gasteiger partial charge in [0.2, 0.25) is 0 Å². The standard InChI is InChI=1S/C14H15N5O5S2.ClH/c1-5-3-25-12-8(11(21)19(12)9(5)13(22)23)17-10(20)7(18-24-2)6-4-26-14(15)16-6;/h4,8,12H,3H2,1-2H3,(H2,15,16)(H,17,20)(H,22,23);1H/b18-7-;/t8-,12+;/m1./s1. The summed E-state index contributed by atoms with van der Waals surface area (Å²) in [6.45, 7) is 1.67. The number of fused-ring (bicyclic) bond motifs is 1. The number of nitrogens with two attached hydrogens (primary N) is 1. The maximum atomic E-state index is 12.5. The number of hydrogen-bond acceptors (Lipinski definition) is 9. The molecule has 0 bridgehead atoms. The summed E-state index contributed by atoms with van der Waals surface area (Å²) in [7, 11) is 1.28. The van der Waals surface area contributed by atoms with E-state index in [9.17, 15) is 19.5 Å². The van der Waals surface area contributed by atoms with E-state index in [0.29, 0.717) is 11.3 Å². The monoisotopic (exact) mass is 433 g/mol. The first-order chi connectivity index (χ1) is 12.3. The molecule has 0 aromatic carbocycles. The number of aliphatic carboxylic acids is 1. The third-order valence-electron chi connectivity index (χ3n) is 3.81. The van der Waals surface area contributed by atoms with Crippen molar-refractivity contribution in [2.45, 2.75) is 18.3 Å². The topological polar surface area (TPSA) is 147 Å². The number of thiazole rings is 1. The molecule has 1 fully saturated rings. The second-order valence-corrected chi connectivity index (χ2v) is 7.48. The Kier molecular flexibility index (Phi) is 6.34. The minimum atomic E-state index is -1.16. The van der Waals surface area contributed by atoms with E-state index in [0.717, 1.165) is 11.3 Å². The van der Waals surface area contributed by atoms with Crippen LogP contribution in [0.4, 0.5) is 5.13 Å². The molecule has 0 radical (unpaired) electrons. The van der Waals surface area contributed by atoms with Crippen molar-refractivity contribution in [3.05, 3.63) is 22.3 Å². The van der Waals surface area contributed by atoms with Crippen LogP contribution >= 0.6 is 35.5 Å². The fourth-order valence-corrected chi connectivity index (χ4v) is 4.52. The second-order valence-electron chi connectivity index (χ2n) is 5.49. The largest absolute Gasteiger partial charge is 0.477 e. The molecule has 2 aliphatic heterocycles. The van der Waals surface area contributed by atoms with Crippen LogP contribution in [0.2, 0.25) is 0 Å². The number of amides is 2. The van der Waals surface area contributed by atoms with Gasteiger partial charge >= 0.3 is 5.97 Å². The van der Waals surface area contributed by atoms with E-state index in [-0.39, 0.29) is 34.6 Å². The van der Waals surface area contributed by atoms with E-state index < -0.39 is 29.2 Å². The molecule has 2 amide bonds. The fourth-order valence-electron chi connectivity index (χ4n) is 2.68. The van der Waals surface area contributed by atoms with Gasteiger partial charge in [-0.1, -0.05) is 5.16 Å². The van der Waals surface area contributed by atoms with Crippen LogP contribution in [0.5, 0.6) is 0 Å². The van der Waals surface area contributed by atoms with Gasteiger partial charge in [-0.3, -0.25) is 14.5 Å². The Bertz CT molecular complexity index is 855. The predicted octanol–water partition coefficient (Wildman–Crippen LogP) is 0.256. The number of nitrogen functional groups attached to an aromatic ring is 1. The second kappa shape index (κ2) is 8.15. The Balaban J connectivity index is 0.00000261. The molecule has 1 saturated heterocycles. The quantitative estimate of drug-likeness (QED) is 0.340. The zero-order chi connectivity index (χ0) is 19.0. The Labute approximate surface area is 168 Å². The minimum absolute atomic E-state index is 0. The summed E-state index contributed by atoms with van der Waals surface area (Å²) in [4.78, 5) is 46.2. The van der Waals surface area contributed by atoms with Gasteiger partial charge in [0, 0.05) is 11.1 Å². The van der Waals surface area contributed by atoms with Gasteiger partial charge in [-0.25, -0.2) is 9.78 Å². The predicted molar refractivity (Wildman–Crippen MR) is 103 cm³/mol. The van der Waals surface area contributed by atoms with E-state index in [1.165, 1.54) is 23.8 Å². The number of β-lactam (4-membered cyclic amide) rings is 1. The van der Waals surface area contributed by atoms with E-state index in [2.05, 4.69) is 20.3 Å². The number of carbonyl (C=O) groups is 3. The highest BCUT2D eigenvalue weighted by atomic mass is 35.5. The molecule has 3 heterocycles. The van der Waals surface area contributed by atoms with Gasteiger partial charge in [-0.15, -0.1) is 35.5 Å². The average molecular weight is 434 g/mol. The summed E-state index contributed by atoms with van der Waals surface area (Å²) < 4.78 is 0. The van der Waals surface area contributed by atoms with Crippen LogP contribution < -0.4 is 11.1 Å². The van der Waals surface area contributed by atoms with E-state index in [1.54, 1.807) is 12.3 Å². The van der Waals surface area contributed by atoms with Crippen molar-refractivity contribution in [2.75, 3.05) is 18.6 Å². The number of rotatable bonds is 5. The van der Waals surface area contributed by atoms with Crippen molar-refractivity contribution < 1.29 is 24.3 Å². The smallest absolute Gasteiger partial charge is 0.352 e. The highest BCUT2D eigenvalue weighted by Crippen LogP contribution is 2.40. The van der Waals surface area contributed by atoms with Gasteiger partial charge in [-0.2, -0.15) is 0 Å². The molecule has 10 nitrogen and oxygen atoms in total. The summed E-state index contributed by atoms with van der Waals surface area (Å²) in [6, 6.07) is -0.854. The number of carbonyl (C=O) groups excluding carboxylic acids is 2. The Hall–Kier alpha value is -2.31. The molecule has 0 unspecified atom stereocenters. The number of carboxylic acid groups (broad SMARTS) is 1. The zero-order valence-electron chi connectivity index (χ0n) is 14.2. The molecule has 0 saturated carbocycles. The number of anilines is 1. The molecule has 2 atom stereocenters. The Morgan fingerprint density at radius 1 is 1.52 bits per heavy atom. The van der Waals surface area contributed by atoms with E-state index in [4.69, 9.17) is 5.73 Å². The average Bonchev–Trinajstić information content (AvgIpc) is 3.02. The molecular formula is C14H16ClN5O5S2. The first-order valence-electron chi connectivity index (χ1n) is 7.36. The number of oxime groups is 1. The number of halogens is 1. The lowest BCUT2D eigenvalue weighted by Crippen LogP contribution is -2.71. The lowest BCUT2D eigenvalue weighted by atomic mass is 10.0. The van der Waals surface area contributed by atoms with Crippen molar-refractivity contribution in [2.24, 2.45) is 5.16 Å². The van der Waals surface area contributed by atoms with Crippen molar-refractivity contribution in [3.63, 3.8) is 0 Å². The normalized spacial score (nSPS) is 21.8. The number of nitrogens with zero attached hydrogens (tertiary/aromatic N) is 3. The van der Waals surface area contributed by atoms with Gasteiger partial charge in [0.25, 0.3) is 11.8 Å². The molecular weight excluding hydrogens is 418 g/mol. The first-order valence-corrected chi connectivity index (χ1v) is 9.29. The molecule has 4 N–H and O–H groups in total. The van der Waals surface area contributed by atoms with Crippen molar-refractivity contribution >= 4 is 64.1 Å². The van der Waals surface area contributed by atoms with Crippen LogP contribution in [0.3, 0.4) is 0 Å². The third kappa shape index (κ3) is 3.73. The van der Waals surface area contributed by atoms with Crippen molar-refractivity contribution in [1.29, 1.82) is 0 Å². The molecule has 2 aliphatic rings. The van der Waals surface area contributed by atoms with Crippen LogP contribution in [0.25, 0.3) is 0 Å². The minimum Gasteiger partial charge on any atom is -0.477 e. The maximum Gasteiger partial charge on any atom is 0.352 e. The van der Waals surface area contributed by atoms with Gasteiger partial charge in [0.15, 0.2) is 10.8 Å². The summed E-state index contributed by atoms with van der Waals surface area (Å²) in [5.41, 5.74) is 6.27. The highest BCUT2D eigenvalue weighted by molar-refractivity contribution is 8.00. The molecule has 0 spiro atoms. The maximum absolute atomic E-state index is 12.5. The van der Waals surface area contributed by atoms with Crippen LogP contribution in [-0.2, 0) is 19.2 Å². The molecule has 27 heavy (non-hydrogen) atoms. The molecule has 0 aliphatic carbocycles. The number of thioether (sulfide) groups is 1. The van der Waals surface area contributed by atoms with E-state index >= 15 is 0 Å². The highest BCUT2D eigenvalue weighted by Gasteiger charge is 2.54. The summed E-state index contributed by atoms with van der Waals surface area (Å²) in [6.07, 6.45) is 0. The molecule has 13 heteroatoms. The van der Waals surface area contributed by atoms with Crippen LogP contribution in [0, 0.1) is 0 Å². The lowest BCUT2D eigenvalue weighted by molar-refractivity contribution is -0.150. The summed E-state index contributed by atoms with van der Waals surface area (Å²) in [5, 5.41) is 16.9. The van der Waals surface area contributed by atoms with E-state index in [1.807, 2.05) is 0 Å². The third-order valence-corrected chi connectivity index (χ3v) is 5.91. The number of hydrogen-bond donors (Lipinski definition) is 3. The Morgan fingerprint density at radius 2 is 2.22 bits per heavy atom.